The monoisotopic (exact) mass is 476 g/mol. The molecule has 1 N–H and O–H groups in total. The highest BCUT2D eigenvalue weighted by molar-refractivity contribution is 7.92. The zero-order chi connectivity index (χ0) is 22.2. The Balaban J connectivity index is 1.80. The van der Waals surface area contributed by atoms with E-state index in [0.29, 0.717) is 21.3 Å². The first-order chi connectivity index (χ1) is 14.8. The second kappa shape index (κ2) is 8.22. The van der Waals surface area contributed by atoms with E-state index >= 15 is 0 Å². The number of hydrogen-bond donors (Lipinski definition) is 1. The number of benzene rings is 3. The Kier molecular flexibility index (Phi) is 5.62. The van der Waals surface area contributed by atoms with Crippen LogP contribution in [0.2, 0.25) is 10.0 Å². The summed E-state index contributed by atoms with van der Waals surface area (Å²) in [5, 5.41) is 0.881. The summed E-state index contributed by atoms with van der Waals surface area (Å²) < 4.78 is 38.6. The summed E-state index contributed by atoms with van der Waals surface area (Å²) in [6.45, 7) is 0. The lowest BCUT2D eigenvalue weighted by Gasteiger charge is -2.13. The summed E-state index contributed by atoms with van der Waals surface area (Å²) in [5.74, 6) is 0.433. The summed E-state index contributed by atoms with van der Waals surface area (Å²) in [6, 6.07) is 14.9. The summed E-state index contributed by atoms with van der Waals surface area (Å²) in [7, 11) is -2.47. The van der Waals surface area contributed by atoms with E-state index in [9.17, 15) is 13.2 Å². The second-order valence-corrected chi connectivity index (χ2v) is 8.99. The number of halogens is 2. The van der Waals surface area contributed by atoms with E-state index in [-0.39, 0.29) is 27.4 Å². The normalized spacial score (nSPS) is 11.5. The third kappa shape index (κ3) is 4.36. The van der Waals surface area contributed by atoms with Gasteiger partial charge in [-0.3, -0.25) is 4.72 Å². The van der Waals surface area contributed by atoms with Crippen molar-refractivity contribution in [3.05, 3.63) is 81.1 Å². The molecule has 1 heterocycles. The van der Waals surface area contributed by atoms with Gasteiger partial charge >= 0.3 is 5.63 Å². The molecule has 0 saturated heterocycles. The molecule has 0 aliphatic heterocycles. The Morgan fingerprint density at radius 3 is 2.35 bits per heavy atom. The molecule has 0 amide bonds. The van der Waals surface area contributed by atoms with E-state index in [0.717, 1.165) is 0 Å². The molecule has 10 heteroatoms. The van der Waals surface area contributed by atoms with Crippen molar-refractivity contribution in [1.82, 2.24) is 4.98 Å². The third-order valence-electron chi connectivity index (χ3n) is 4.42. The molecule has 158 valence electrons. The van der Waals surface area contributed by atoms with Crippen LogP contribution in [0.5, 0.6) is 5.75 Å². The van der Waals surface area contributed by atoms with Crippen LogP contribution in [0, 0.1) is 0 Å². The van der Waals surface area contributed by atoms with Crippen LogP contribution in [0.25, 0.3) is 22.4 Å². The Morgan fingerprint density at radius 1 is 0.968 bits per heavy atom. The maximum Gasteiger partial charge on any atom is 0.347 e. The molecule has 0 aliphatic carbocycles. The standard InChI is InChI=1S/C21H14Cl2N2O5S/c1-29-14-4-6-15(7-5-14)31(27,28)25-19-9-3-12(22)10-16(19)20-24-18-8-2-13(23)11-17(18)21(26)30-20/h2-11,25H,1H3. The van der Waals surface area contributed by atoms with E-state index in [1.54, 1.807) is 12.1 Å². The molecule has 0 atom stereocenters. The van der Waals surface area contributed by atoms with Gasteiger partial charge in [0.1, 0.15) is 5.75 Å². The average Bonchev–Trinajstić information content (AvgIpc) is 2.75. The molecule has 0 saturated carbocycles. The number of nitrogens with zero attached hydrogens (tertiary/aromatic N) is 1. The van der Waals surface area contributed by atoms with Crippen LogP contribution >= 0.6 is 23.2 Å². The Hall–Kier alpha value is -3.07. The van der Waals surface area contributed by atoms with Crippen molar-refractivity contribution in [2.24, 2.45) is 0 Å². The molecule has 3 aromatic carbocycles. The van der Waals surface area contributed by atoms with Gasteiger partial charge in [0.25, 0.3) is 10.0 Å². The first kappa shape index (κ1) is 21.2. The first-order valence-corrected chi connectivity index (χ1v) is 11.1. The minimum Gasteiger partial charge on any atom is -0.497 e. The van der Waals surface area contributed by atoms with Crippen LogP contribution in [0.3, 0.4) is 0 Å². The largest absolute Gasteiger partial charge is 0.497 e. The number of anilines is 1. The van der Waals surface area contributed by atoms with Crippen molar-refractivity contribution >= 4 is 49.8 Å². The molecule has 0 aliphatic rings. The zero-order valence-electron chi connectivity index (χ0n) is 15.9. The smallest absolute Gasteiger partial charge is 0.347 e. The SMILES string of the molecule is COc1ccc(S(=O)(=O)Nc2ccc(Cl)cc2-c2nc3ccc(Cl)cc3c(=O)o2)cc1. The van der Waals surface area contributed by atoms with E-state index in [1.165, 1.54) is 55.6 Å². The van der Waals surface area contributed by atoms with Crippen molar-refractivity contribution < 1.29 is 17.6 Å². The molecule has 4 aromatic rings. The van der Waals surface area contributed by atoms with Crippen LogP contribution in [0.1, 0.15) is 0 Å². The lowest BCUT2D eigenvalue weighted by molar-refractivity contribution is 0.414. The Morgan fingerprint density at radius 2 is 1.65 bits per heavy atom. The molecule has 0 bridgehead atoms. The van der Waals surface area contributed by atoms with Gasteiger partial charge in [0.05, 0.1) is 34.2 Å². The van der Waals surface area contributed by atoms with E-state index in [4.69, 9.17) is 32.4 Å². The average molecular weight is 477 g/mol. The fourth-order valence-electron chi connectivity index (χ4n) is 2.90. The fraction of sp³-hybridized carbons (Fsp3) is 0.0476. The topological polar surface area (TPSA) is 98.5 Å². The number of ether oxygens (including phenoxy) is 1. The second-order valence-electron chi connectivity index (χ2n) is 6.44. The molecular weight excluding hydrogens is 463 g/mol. The van der Waals surface area contributed by atoms with Gasteiger partial charge in [-0.1, -0.05) is 23.2 Å². The highest BCUT2D eigenvalue weighted by Crippen LogP contribution is 2.32. The maximum absolute atomic E-state index is 12.9. The van der Waals surface area contributed by atoms with Gasteiger partial charge in [-0.05, 0) is 60.7 Å². The molecular formula is C21H14Cl2N2O5S. The number of nitrogens with one attached hydrogen (secondary N) is 1. The van der Waals surface area contributed by atoms with Crippen molar-refractivity contribution in [2.45, 2.75) is 4.90 Å². The van der Waals surface area contributed by atoms with Gasteiger partial charge in [0, 0.05) is 10.0 Å². The molecule has 0 unspecified atom stereocenters. The van der Waals surface area contributed by atoms with Crippen molar-refractivity contribution in [3.8, 4) is 17.2 Å². The minimum atomic E-state index is -3.95. The number of hydrogen-bond acceptors (Lipinski definition) is 6. The van der Waals surface area contributed by atoms with Crippen molar-refractivity contribution in [3.63, 3.8) is 0 Å². The van der Waals surface area contributed by atoms with E-state index in [2.05, 4.69) is 9.71 Å². The maximum atomic E-state index is 12.9. The number of rotatable bonds is 5. The number of aromatic nitrogens is 1. The Bertz CT molecular complexity index is 1450. The van der Waals surface area contributed by atoms with Crippen LogP contribution in [-0.2, 0) is 10.0 Å². The predicted octanol–water partition coefficient (Wildman–Crippen LogP) is 4.97. The molecule has 0 spiro atoms. The highest BCUT2D eigenvalue weighted by Gasteiger charge is 2.20. The van der Waals surface area contributed by atoms with Gasteiger partial charge < -0.3 is 9.15 Å². The van der Waals surface area contributed by atoms with Gasteiger partial charge in [-0.25, -0.2) is 18.2 Å². The number of methoxy groups -OCH3 is 1. The van der Waals surface area contributed by atoms with Crippen LogP contribution < -0.4 is 15.1 Å². The molecule has 1 aromatic heterocycles. The summed E-state index contributed by atoms with van der Waals surface area (Å²) in [6.07, 6.45) is 0. The fourth-order valence-corrected chi connectivity index (χ4v) is 4.32. The van der Waals surface area contributed by atoms with Gasteiger partial charge in [-0.2, -0.15) is 0 Å². The van der Waals surface area contributed by atoms with Crippen LogP contribution in [-0.4, -0.2) is 20.5 Å². The number of sulfonamides is 1. The highest BCUT2D eigenvalue weighted by atomic mass is 35.5. The molecule has 0 radical (unpaired) electrons. The quantitative estimate of drug-likeness (QED) is 0.436. The minimum absolute atomic E-state index is 0.0248. The van der Waals surface area contributed by atoms with E-state index < -0.39 is 15.6 Å². The van der Waals surface area contributed by atoms with Crippen molar-refractivity contribution in [2.75, 3.05) is 11.8 Å². The van der Waals surface area contributed by atoms with Crippen LogP contribution in [0.15, 0.2) is 74.8 Å². The summed E-state index contributed by atoms with van der Waals surface area (Å²) >= 11 is 12.0. The molecule has 0 fully saturated rings. The number of fused-ring (bicyclic) bond motifs is 1. The molecule has 4 rings (SSSR count). The lowest BCUT2D eigenvalue weighted by atomic mass is 10.1. The first-order valence-electron chi connectivity index (χ1n) is 8.84. The van der Waals surface area contributed by atoms with Crippen molar-refractivity contribution in [1.29, 1.82) is 0 Å². The van der Waals surface area contributed by atoms with Gasteiger partial charge in [-0.15, -0.1) is 0 Å². The van der Waals surface area contributed by atoms with Gasteiger partial charge in [0.2, 0.25) is 5.89 Å². The molecule has 31 heavy (non-hydrogen) atoms. The van der Waals surface area contributed by atoms with Crippen LogP contribution in [0.4, 0.5) is 5.69 Å². The predicted molar refractivity (Wildman–Crippen MR) is 120 cm³/mol. The lowest BCUT2D eigenvalue weighted by Crippen LogP contribution is -2.14. The van der Waals surface area contributed by atoms with E-state index in [1.807, 2.05) is 0 Å². The third-order valence-corrected chi connectivity index (χ3v) is 6.27. The summed E-state index contributed by atoms with van der Waals surface area (Å²) in [4.78, 5) is 16.8. The zero-order valence-corrected chi connectivity index (χ0v) is 18.3. The Labute approximate surface area is 187 Å². The summed E-state index contributed by atoms with van der Waals surface area (Å²) in [5.41, 5.74) is 0.0359. The molecule has 7 nitrogen and oxygen atoms in total. The van der Waals surface area contributed by atoms with Gasteiger partial charge in [0.15, 0.2) is 0 Å².